The number of hydrogen-bond donors (Lipinski definition) is 0. The minimum absolute atomic E-state index is 0.0733. The first-order chi connectivity index (χ1) is 11.4. The second-order valence-electron chi connectivity index (χ2n) is 5.53. The molecule has 0 fully saturated rings. The summed E-state index contributed by atoms with van der Waals surface area (Å²) < 4.78 is 27.3. The average molecular weight is 346 g/mol. The Bertz CT molecular complexity index is 804. The summed E-state index contributed by atoms with van der Waals surface area (Å²) in [5, 5.41) is 0. The topological polar surface area (TPSA) is 67.3 Å². The molecule has 1 heterocycles. The molecule has 2 rings (SSSR count). The number of sulfonamides is 1. The lowest BCUT2D eigenvalue weighted by atomic mass is 10.1. The van der Waals surface area contributed by atoms with E-state index in [0.717, 1.165) is 5.56 Å². The molecule has 128 valence electrons. The average Bonchev–Trinajstić information content (AvgIpc) is 2.62. The maximum atomic E-state index is 13.0. The summed E-state index contributed by atoms with van der Waals surface area (Å²) in [6, 6.07) is 9.58. The maximum absolute atomic E-state index is 13.0. The Hall–Kier alpha value is -2.05. The smallest absolute Gasteiger partial charge is 0.243 e. The van der Waals surface area contributed by atoms with Crippen molar-refractivity contribution >= 4 is 15.8 Å². The standard InChI is InChI=1S/C18H22N2O3S/c1-4-17(14-9-11-19-12-10-14)20(3)24(22,23)16-8-6-7-15(13-16)18(21)5-2/h6-13,17H,4-5H2,1-3H3/t17-/m1/s1. The van der Waals surface area contributed by atoms with Crippen LogP contribution >= 0.6 is 0 Å². The van der Waals surface area contributed by atoms with E-state index in [2.05, 4.69) is 4.98 Å². The van der Waals surface area contributed by atoms with Crippen molar-refractivity contribution in [3.8, 4) is 0 Å². The molecule has 0 saturated carbocycles. The minimum Gasteiger partial charge on any atom is -0.294 e. The third-order valence-corrected chi connectivity index (χ3v) is 5.93. The summed E-state index contributed by atoms with van der Waals surface area (Å²) >= 11 is 0. The highest BCUT2D eigenvalue weighted by Gasteiger charge is 2.28. The molecule has 0 aliphatic carbocycles. The Morgan fingerprint density at radius 1 is 1.17 bits per heavy atom. The van der Waals surface area contributed by atoms with Crippen LogP contribution in [0.3, 0.4) is 0 Å². The monoisotopic (exact) mass is 346 g/mol. The zero-order chi connectivity index (χ0) is 17.7. The molecule has 2 aromatic rings. The van der Waals surface area contributed by atoms with Crippen LogP contribution in [0.5, 0.6) is 0 Å². The first kappa shape index (κ1) is 18.3. The SMILES string of the molecule is CCC(=O)c1cccc(S(=O)(=O)N(C)[C@H](CC)c2ccncc2)c1. The van der Waals surface area contributed by atoms with Crippen molar-refractivity contribution in [1.29, 1.82) is 0 Å². The number of ketones is 1. The summed E-state index contributed by atoms with van der Waals surface area (Å²) in [5.41, 5.74) is 1.31. The summed E-state index contributed by atoms with van der Waals surface area (Å²) in [6.07, 6.45) is 4.28. The lowest BCUT2D eigenvalue weighted by molar-refractivity contribution is 0.0988. The van der Waals surface area contributed by atoms with E-state index in [9.17, 15) is 13.2 Å². The molecule has 0 aliphatic heterocycles. The van der Waals surface area contributed by atoms with Crippen molar-refractivity contribution in [1.82, 2.24) is 9.29 Å². The van der Waals surface area contributed by atoms with Gasteiger partial charge in [0.1, 0.15) is 0 Å². The third kappa shape index (κ3) is 3.71. The molecule has 0 unspecified atom stereocenters. The van der Waals surface area contributed by atoms with Crippen LogP contribution in [0.25, 0.3) is 0 Å². The van der Waals surface area contributed by atoms with Crippen molar-refractivity contribution in [2.24, 2.45) is 0 Å². The number of carbonyl (C=O) groups is 1. The van der Waals surface area contributed by atoms with Crippen molar-refractivity contribution in [2.45, 2.75) is 37.6 Å². The number of carbonyl (C=O) groups excluding carboxylic acids is 1. The number of benzene rings is 1. The van der Waals surface area contributed by atoms with Gasteiger partial charge in [0.05, 0.1) is 4.90 Å². The van der Waals surface area contributed by atoms with Crippen molar-refractivity contribution < 1.29 is 13.2 Å². The first-order valence-corrected chi connectivity index (χ1v) is 9.37. The molecule has 1 aromatic carbocycles. The fourth-order valence-electron chi connectivity index (χ4n) is 2.66. The van der Waals surface area contributed by atoms with E-state index in [1.807, 2.05) is 19.1 Å². The molecule has 6 heteroatoms. The molecule has 1 atom stereocenters. The van der Waals surface area contributed by atoms with Gasteiger partial charge in [0.15, 0.2) is 5.78 Å². The Kier molecular flexibility index (Phi) is 5.85. The number of hydrogen-bond acceptors (Lipinski definition) is 4. The van der Waals surface area contributed by atoms with Crippen LogP contribution in [0.4, 0.5) is 0 Å². The Labute approximate surface area is 143 Å². The summed E-state index contributed by atoms with van der Waals surface area (Å²) in [7, 11) is -2.13. The first-order valence-electron chi connectivity index (χ1n) is 7.93. The van der Waals surface area contributed by atoms with Gasteiger partial charge < -0.3 is 0 Å². The van der Waals surface area contributed by atoms with Crippen LogP contribution in [0, 0.1) is 0 Å². The van der Waals surface area contributed by atoms with Crippen LogP contribution < -0.4 is 0 Å². The fraction of sp³-hybridized carbons (Fsp3) is 0.333. The zero-order valence-electron chi connectivity index (χ0n) is 14.1. The van der Waals surface area contributed by atoms with E-state index in [0.29, 0.717) is 18.4 Å². The molecular formula is C18H22N2O3S. The molecule has 0 radical (unpaired) electrons. The van der Waals surface area contributed by atoms with Crippen LogP contribution in [0.1, 0.15) is 48.7 Å². The summed E-state index contributed by atoms with van der Waals surface area (Å²) in [6.45, 7) is 3.69. The Morgan fingerprint density at radius 3 is 2.42 bits per heavy atom. The highest BCUT2D eigenvalue weighted by atomic mass is 32.2. The molecule has 5 nitrogen and oxygen atoms in total. The molecule has 0 spiro atoms. The van der Waals surface area contributed by atoms with Crippen molar-refractivity contribution in [2.75, 3.05) is 7.05 Å². The van der Waals surface area contributed by atoms with E-state index in [1.165, 1.54) is 16.4 Å². The normalized spacial score (nSPS) is 13.0. The molecule has 0 bridgehead atoms. The van der Waals surface area contributed by atoms with Crippen molar-refractivity contribution in [3.63, 3.8) is 0 Å². The van der Waals surface area contributed by atoms with Crippen LogP contribution in [0.2, 0.25) is 0 Å². The van der Waals surface area contributed by atoms with Crippen LogP contribution in [-0.4, -0.2) is 30.5 Å². The third-order valence-electron chi connectivity index (χ3n) is 4.07. The van der Waals surface area contributed by atoms with Crippen LogP contribution in [0.15, 0.2) is 53.7 Å². The second kappa shape index (κ2) is 7.68. The second-order valence-corrected chi connectivity index (χ2v) is 7.53. The van der Waals surface area contributed by atoms with Gasteiger partial charge in [0.25, 0.3) is 0 Å². The highest BCUT2D eigenvalue weighted by Crippen LogP contribution is 2.28. The number of Topliss-reactive ketones (excluding diaryl/α,β-unsaturated/α-hetero) is 1. The molecular weight excluding hydrogens is 324 g/mol. The summed E-state index contributed by atoms with van der Waals surface area (Å²) in [4.78, 5) is 16.0. The van der Waals surface area contributed by atoms with Gasteiger partial charge in [-0.05, 0) is 36.2 Å². The molecule has 1 aromatic heterocycles. The van der Waals surface area contributed by atoms with Gasteiger partial charge in [-0.2, -0.15) is 4.31 Å². The number of nitrogens with zero attached hydrogens (tertiary/aromatic N) is 2. The Balaban J connectivity index is 2.40. The maximum Gasteiger partial charge on any atom is 0.243 e. The molecule has 0 amide bonds. The van der Waals surface area contributed by atoms with Gasteiger partial charge in [0.2, 0.25) is 10.0 Å². The van der Waals surface area contributed by atoms with E-state index in [1.54, 1.807) is 38.5 Å². The zero-order valence-corrected chi connectivity index (χ0v) is 15.0. The lowest BCUT2D eigenvalue weighted by Crippen LogP contribution is -2.31. The largest absolute Gasteiger partial charge is 0.294 e. The molecule has 24 heavy (non-hydrogen) atoms. The van der Waals surface area contributed by atoms with Gasteiger partial charge in [-0.15, -0.1) is 0 Å². The minimum atomic E-state index is -3.70. The summed E-state index contributed by atoms with van der Waals surface area (Å²) in [5.74, 6) is -0.0733. The van der Waals surface area contributed by atoms with E-state index in [4.69, 9.17) is 0 Å². The number of rotatable bonds is 7. The highest BCUT2D eigenvalue weighted by molar-refractivity contribution is 7.89. The van der Waals surface area contributed by atoms with Gasteiger partial charge in [-0.1, -0.05) is 26.0 Å². The van der Waals surface area contributed by atoms with Gasteiger partial charge in [-0.25, -0.2) is 8.42 Å². The van der Waals surface area contributed by atoms with Gasteiger partial charge in [0, 0.05) is 37.5 Å². The van der Waals surface area contributed by atoms with E-state index >= 15 is 0 Å². The van der Waals surface area contributed by atoms with E-state index in [-0.39, 0.29) is 16.7 Å². The van der Waals surface area contributed by atoms with Gasteiger partial charge >= 0.3 is 0 Å². The predicted octanol–water partition coefficient (Wildman–Crippen LogP) is 3.45. The van der Waals surface area contributed by atoms with Crippen LogP contribution in [-0.2, 0) is 10.0 Å². The predicted molar refractivity (Wildman–Crippen MR) is 93.3 cm³/mol. The molecule has 0 N–H and O–H groups in total. The number of aromatic nitrogens is 1. The van der Waals surface area contributed by atoms with Gasteiger partial charge in [-0.3, -0.25) is 9.78 Å². The molecule has 0 aliphatic rings. The fourth-order valence-corrected chi connectivity index (χ4v) is 4.12. The van der Waals surface area contributed by atoms with Crippen molar-refractivity contribution in [3.05, 3.63) is 59.9 Å². The lowest BCUT2D eigenvalue weighted by Gasteiger charge is -2.27. The van der Waals surface area contributed by atoms with E-state index < -0.39 is 10.0 Å². The quantitative estimate of drug-likeness (QED) is 0.720. The molecule has 0 saturated heterocycles. The Morgan fingerprint density at radius 2 is 1.83 bits per heavy atom. The number of pyridine rings is 1.